The normalized spacial score (nSPS) is 15.2. The van der Waals surface area contributed by atoms with Crippen molar-refractivity contribution >= 4 is 38.0 Å². The van der Waals surface area contributed by atoms with E-state index in [1.165, 1.54) is 19.1 Å². The number of ether oxygens (including phenoxy) is 1. The Bertz CT molecular complexity index is 561. The van der Waals surface area contributed by atoms with Gasteiger partial charge < -0.3 is 9.84 Å². The topological polar surface area (TPSA) is 70.3 Å². The van der Waals surface area contributed by atoms with E-state index in [2.05, 4.69) is 6.07 Å². The van der Waals surface area contributed by atoms with Crippen LogP contribution in [-0.2, 0) is 4.79 Å². The highest BCUT2D eigenvalue weighted by Gasteiger charge is 2.46. The van der Waals surface area contributed by atoms with Crippen LogP contribution in [0.4, 0.5) is 0 Å². The van der Waals surface area contributed by atoms with Crippen LogP contribution in [0.1, 0.15) is 13.8 Å². The minimum Gasteiger partial charge on any atom is -0.479 e. The minimum absolute atomic E-state index is 0.207. The number of carboxylic acids is 1. The number of nitriles is 1. The van der Waals surface area contributed by atoms with Crippen LogP contribution in [-0.4, -0.2) is 25.1 Å². The maximum atomic E-state index is 11.6. The smallest absolute Gasteiger partial charge is 0.343 e. The fourth-order valence-electron chi connectivity index (χ4n) is 1.58. The number of nitrogens with zero attached hydrogens (tertiary/aromatic N) is 1. The molecule has 107 valence electrons. The fraction of sp³-hybridized carbons (Fsp3) is 0.385. The molecule has 0 bridgehead atoms. The molecule has 1 rings (SSSR count). The van der Waals surface area contributed by atoms with Gasteiger partial charge in [0.25, 0.3) is 0 Å². The molecule has 2 atom stereocenters. The van der Waals surface area contributed by atoms with Crippen molar-refractivity contribution in [3.8, 4) is 11.8 Å². The second kappa shape index (κ2) is 6.49. The van der Waals surface area contributed by atoms with E-state index in [0.29, 0.717) is 5.02 Å². The summed E-state index contributed by atoms with van der Waals surface area (Å²) in [4.78, 5) is 11.6. The molecular weight excluding hydrogens is 317 g/mol. The first-order valence-corrected chi connectivity index (χ1v) is 8.66. The molecule has 1 radical (unpaired) electrons. The number of halogens is 2. The van der Waals surface area contributed by atoms with Gasteiger partial charge in [0.05, 0.1) is 11.1 Å². The molecule has 1 aromatic carbocycles. The predicted molar refractivity (Wildman–Crippen MR) is 79.8 cm³/mol. The Hall–Kier alpha value is -1.22. The highest BCUT2D eigenvalue weighted by atomic mass is 35.5. The molecule has 0 fully saturated rings. The SMILES string of the molecule is CC(C#N)[Si](C)C(C)(Oc1cc(Cl)ccc1Cl)C(=O)O. The molecule has 0 saturated heterocycles. The number of hydrogen-bond donors (Lipinski definition) is 1. The van der Waals surface area contributed by atoms with Crippen LogP contribution >= 0.6 is 23.2 Å². The van der Waals surface area contributed by atoms with E-state index in [-0.39, 0.29) is 16.3 Å². The van der Waals surface area contributed by atoms with Gasteiger partial charge in [-0.05, 0) is 19.1 Å². The number of aliphatic carboxylic acids is 1. The van der Waals surface area contributed by atoms with Crippen molar-refractivity contribution in [3.05, 3.63) is 28.2 Å². The van der Waals surface area contributed by atoms with E-state index in [4.69, 9.17) is 33.2 Å². The molecule has 0 aliphatic rings. The van der Waals surface area contributed by atoms with E-state index in [0.717, 1.165) is 0 Å². The highest BCUT2D eigenvalue weighted by molar-refractivity contribution is 6.67. The molecule has 1 aromatic rings. The largest absolute Gasteiger partial charge is 0.479 e. The molecule has 0 heterocycles. The number of benzene rings is 1. The zero-order chi connectivity index (χ0) is 15.5. The lowest BCUT2D eigenvalue weighted by Gasteiger charge is -2.32. The zero-order valence-corrected chi connectivity index (χ0v) is 13.8. The summed E-state index contributed by atoms with van der Waals surface area (Å²) < 4.78 is 5.64. The van der Waals surface area contributed by atoms with Gasteiger partial charge in [-0.15, -0.1) is 0 Å². The van der Waals surface area contributed by atoms with Gasteiger partial charge in [0.1, 0.15) is 14.5 Å². The third-order valence-electron chi connectivity index (χ3n) is 3.21. The van der Waals surface area contributed by atoms with E-state index >= 15 is 0 Å². The summed E-state index contributed by atoms with van der Waals surface area (Å²) in [6.45, 7) is 4.91. The van der Waals surface area contributed by atoms with Crippen LogP contribution < -0.4 is 4.74 Å². The summed E-state index contributed by atoms with van der Waals surface area (Å²) >= 11 is 11.9. The van der Waals surface area contributed by atoms with Gasteiger partial charge in [-0.1, -0.05) is 36.7 Å². The van der Waals surface area contributed by atoms with Crippen molar-refractivity contribution in [2.24, 2.45) is 0 Å². The Morgan fingerprint density at radius 1 is 1.55 bits per heavy atom. The Morgan fingerprint density at radius 2 is 2.15 bits per heavy atom. The van der Waals surface area contributed by atoms with E-state index in [1.54, 1.807) is 19.5 Å². The number of carbonyl (C=O) groups is 1. The van der Waals surface area contributed by atoms with Gasteiger partial charge in [0.15, 0.2) is 5.22 Å². The van der Waals surface area contributed by atoms with E-state index in [1.807, 2.05) is 0 Å². The van der Waals surface area contributed by atoms with Crippen molar-refractivity contribution in [3.63, 3.8) is 0 Å². The second-order valence-corrected chi connectivity index (χ2v) is 8.58. The molecule has 1 N–H and O–H groups in total. The van der Waals surface area contributed by atoms with Crippen molar-refractivity contribution < 1.29 is 14.6 Å². The van der Waals surface area contributed by atoms with E-state index < -0.39 is 20.0 Å². The molecule has 0 saturated carbocycles. The standard InChI is InChI=1S/C13H14Cl2NO3Si/c1-8(7-16)20(3)13(2,12(17)18)19-11-6-9(14)4-5-10(11)15/h4-6,8H,1-3H3,(H,17,18). The monoisotopic (exact) mass is 330 g/mol. The molecule has 2 unspecified atom stereocenters. The Labute approximate surface area is 129 Å². The Balaban J connectivity index is 3.19. The summed E-state index contributed by atoms with van der Waals surface area (Å²) in [5, 5.41) is 17.7. The molecular formula is C13H14Cl2NO3Si. The van der Waals surface area contributed by atoms with Crippen LogP contribution in [0.3, 0.4) is 0 Å². The van der Waals surface area contributed by atoms with Gasteiger partial charge in [-0.2, -0.15) is 5.26 Å². The van der Waals surface area contributed by atoms with Gasteiger partial charge in [0.2, 0.25) is 0 Å². The average Bonchev–Trinajstić information content (AvgIpc) is 2.40. The Kier molecular flexibility index (Phi) is 5.46. The van der Waals surface area contributed by atoms with Crippen molar-refractivity contribution in [1.82, 2.24) is 0 Å². The first-order chi connectivity index (χ1) is 9.22. The predicted octanol–water partition coefficient (Wildman–Crippen LogP) is 3.79. The molecule has 0 spiro atoms. The molecule has 0 aromatic heterocycles. The molecule has 20 heavy (non-hydrogen) atoms. The summed E-state index contributed by atoms with van der Waals surface area (Å²) in [6, 6.07) is 6.68. The van der Waals surface area contributed by atoms with Crippen molar-refractivity contribution in [2.75, 3.05) is 0 Å². The highest BCUT2D eigenvalue weighted by Crippen LogP contribution is 2.33. The summed E-state index contributed by atoms with van der Waals surface area (Å²) in [5.41, 5.74) is -0.390. The van der Waals surface area contributed by atoms with E-state index in [9.17, 15) is 9.90 Å². The number of carboxylic acid groups (broad SMARTS) is 1. The summed E-state index contributed by atoms with van der Waals surface area (Å²) in [6.07, 6.45) is 0. The number of rotatable bonds is 5. The van der Waals surface area contributed by atoms with Crippen LogP contribution in [0.2, 0.25) is 22.1 Å². The van der Waals surface area contributed by atoms with Crippen LogP contribution in [0, 0.1) is 11.3 Å². The molecule has 7 heteroatoms. The van der Waals surface area contributed by atoms with Gasteiger partial charge >= 0.3 is 5.97 Å². The quantitative estimate of drug-likeness (QED) is 0.833. The molecule has 0 amide bonds. The summed E-state index contributed by atoms with van der Waals surface area (Å²) in [5.74, 6) is -0.911. The maximum Gasteiger partial charge on any atom is 0.343 e. The minimum atomic E-state index is -1.67. The first-order valence-electron chi connectivity index (χ1n) is 5.83. The third-order valence-corrected chi connectivity index (χ3v) is 7.01. The van der Waals surface area contributed by atoms with Crippen LogP contribution in [0.5, 0.6) is 5.75 Å². The van der Waals surface area contributed by atoms with Gasteiger partial charge in [-0.25, -0.2) is 4.79 Å². The molecule has 0 aliphatic carbocycles. The van der Waals surface area contributed by atoms with Crippen LogP contribution in [0.25, 0.3) is 0 Å². The average molecular weight is 331 g/mol. The van der Waals surface area contributed by atoms with Crippen molar-refractivity contribution in [2.45, 2.75) is 31.2 Å². The fourth-order valence-corrected chi connectivity index (χ4v) is 3.52. The van der Waals surface area contributed by atoms with Crippen LogP contribution in [0.15, 0.2) is 18.2 Å². The second-order valence-electron chi connectivity index (χ2n) is 4.55. The van der Waals surface area contributed by atoms with Gasteiger partial charge in [-0.3, -0.25) is 0 Å². The lowest BCUT2D eigenvalue weighted by Crippen LogP contribution is -2.54. The summed E-state index contributed by atoms with van der Waals surface area (Å²) in [7, 11) is -1.67. The number of hydrogen-bond acceptors (Lipinski definition) is 3. The molecule has 4 nitrogen and oxygen atoms in total. The zero-order valence-electron chi connectivity index (χ0n) is 11.3. The van der Waals surface area contributed by atoms with Gasteiger partial charge in [0, 0.05) is 16.6 Å². The first kappa shape index (κ1) is 16.8. The lowest BCUT2D eigenvalue weighted by molar-refractivity contribution is -0.147. The maximum absolute atomic E-state index is 11.6. The third kappa shape index (κ3) is 3.45. The molecule has 0 aliphatic heterocycles. The van der Waals surface area contributed by atoms with Crippen molar-refractivity contribution in [1.29, 1.82) is 5.26 Å². The Morgan fingerprint density at radius 3 is 2.65 bits per heavy atom. The lowest BCUT2D eigenvalue weighted by atomic mass is 10.3.